The van der Waals surface area contributed by atoms with Gasteiger partial charge in [0.2, 0.25) is 0 Å². The number of anilines is 1. The fourth-order valence-electron chi connectivity index (χ4n) is 3.49. The standard InChI is InChI=1S/C22H24N2O5S3/c1-2-13-29-20-7-9-21(10-8-20)31(25,26)23-19-6-5-17-11-12-24(16-18(17)15-19)32(27,28)22-4-3-14-30-22/h3-10,14-15,23H,2,11-13,16H2,1H3. The number of hydrogen-bond acceptors (Lipinski definition) is 6. The molecule has 0 amide bonds. The first-order chi connectivity index (χ1) is 15.3. The Hall–Kier alpha value is -2.40. The number of rotatable bonds is 8. The van der Waals surface area contributed by atoms with E-state index in [1.807, 2.05) is 13.0 Å². The van der Waals surface area contributed by atoms with Gasteiger partial charge in [-0.15, -0.1) is 11.3 Å². The largest absolute Gasteiger partial charge is 0.494 e. The summed E-state index contributed by atoms with van der Waals surface area (Å²) in [5.41, 5.74) is 2.20. The third kappa shape index (κ3) is 4.83. The van der Waals surface area contributed by atoms with Gasteiger partial charge < -0.3 is 4.74 Å². The van der Waals surface area contributed by atoms with Crippen molar-refractivity contribution in [3.63, 3.8) is 0 Å². The molecule has 32 heavy (non-hydrogen) atoms. The molecule has 0 saturated heterocycles. The van der Waals surface area contributed by atoms with E-state index >= 15 is 0 Å². The van der Waals surface area contributed by atoms with Crippen molar-refractivity contribution < 1.29 is 21.6 Å². The lowest BCUT2D eigenvalue weighted by molar-refractivity contribution is 0.317. The first-order valence-corrected chi connectivity index (χ1v) is 14.0. The SMILES string of the molecule is CCCOc1ccc(S(=O)(=O)Nc2ccc3c(c2)CN(S(=O)(=O)c2cccs2)CC3)cc1. The van der Waals surface area contributed by atoms with Crippen LogP contribution in [0.5, 0.6) is 5.75 Å². The van der Waals surface area contributed by atoms with Gasteiger partial charge in [0, 0.05) is 18.8 Å². The molecule has 0 aliphatic carbocycles. The summed E-state index contributed by atoms with van der Waals surface area (Å²) in [5, 5.41) is 1.74. The molecule has 1 N–H and O–H groups in total. The zero-order valence-electron chi connectivity index (χ0n) is 17.5. The first kappa shape index (κ1) is 22.8. The molecule has 0 unspecified atom stereocenters. The van der Waals surface area contributed by atoms with Gasteiger partial charge in [0.05, 0.1) is 11.5 Å². The second-order valence-electron chi connectivity index (χ2n) is 7.43. The highest BCUT2D eigenvalue weighted by atomic mass is 32.2. The number of fused-ring (bicyclic) bond motifs is 1. The minimum absolute atomic E-state index is 0.126. The van der Waals surface area contributed by atoms with Crippen molar-refractivity contribution in [3.8, 4) is 5.75 Å². The summed E-state index contributed by atoms with van der Waals surface area (Å²) < 4.78 is 61.2. The fourth-order valence-corrected chi connectivity index (χ4v) is 7.10. The van der Waals surface area contributed by atoms with Crippen LogP contribution in [-0.4, -0.2) is 34.3 Å². The van der Waals surface area contributed by atoms with E-state index in [1.165, 1.54) is 27.8 Å². The molecular weight excluding hydrogens is 468 g/mol. The number of nitrogens with zero attached hydrogens (tertiary/aromatic N) is 1. The number of ether oxygens (including phenoxy) is 1. The molecule has 0 fully saturated rings. The second kappa shape index (κ2) is 9.22. The van der Waals surface area contributed by atoms with Crippen molar-refractivity contribution in [2.45, 2.75) is 35.4 Å². The van der Waals surface area contributed by atoms with Crippen molar-refractivity contribution in [3.05, 3.63) is 71.1 Å². The van der Waals surface area contributed by atoms with Crippen molar-refractivity contribution in [2.75, 3.05) is 17.9 Å². The maximum atomic E-state index is 12.9. The molecule has 4 rings (SSSR count). The molecule has 1 aliphatic rings. The highest BCUT2D eigenvalue weighted by molar-refractivity contribution is 7.92. The summed E-state index contributed by atoms with van der Waals surface area (Å²) in [6.45, 7) is 3.16. The Morgan fingerprint density at radius 1 is 1.03 bits per heavy atom. The van der Waals surface area contributed by atoms with E-state index in [2.05, 4.69) is 4.72 Å². The van der Waals surface area contributed by atoms with Crippen molar-refractivity contribution in [1.82, 2.24) is 4.31 Å². The maximum absolute atomic E-state index is 12.9. The fraction of sp³-hybridized carbons (Fsp3) is 0.273. The predicted octanol–water partition coefficient (Wildman–Crippen LogP) is 4.08. The predicted molar refractivity (Wildman–Crippen MR) is 125 cm³/mol. The molecule has 170 valence electrons. The van der Waals surface area contributed by atoms with E-state index < -0.39 is 20.0 Å². The topological polar surface area (TPSA) is 92.8 Å². The minimum Gasteiger partial charge on any atom is -0.494 e. The Labute approximate surface area is 192 Å². The molecule has 7 nitrogen and oxygen atoms in total. The van der Waals surface area contributed by atoms with Crippen molar-refractivity contribution >= 4 is 37.1 Å². The van der Waals surface area contributed by atoms with E-state index in [4.69, 9.17) is 4.74 Å². The number of sulfonamides is 2. The summed E-state index contributed by atoms with van der Waals surface area (Å²) >= 11 is 1.19. The van der Waals surface area contributed by atoms with Gasteiger partial charge in [-0.1, -0.05) is 19.1 Å². The number of benzene rings is 2. The highest BCUT2D eigenvalue weighted by Gasteiger charge is 2.29. The molecule has 0 radical (unpaired) electrons. The molecule has 1 aromatic heterocycles. The van der Waals surface area contributed by atoms with Gasteiger partial charge >= 0.3 is 0 Å². The summed E-state index contributed by atoms with van der Waals surface area (Å²) in [4.78, 5) is 0.126. The molecule has 1 aliphatic heterocycles. The quantitative estimate of drug-likeness (QED) is 0.511. The molecule has 0 bridgehead atoms. The average Bonchev–Trinajstić information content (AvgIpc) is 3.33. The Balaban J connectivity index is 1.52. The zero-order chi connectivity index (χ0) is 22.8. The van der Waals surface area contributed by atoms with Gasteiger partial charge in [-0.2, -0.15) is 4.31 Å². The van der Waals surface area contributed by atoms with Crippen LogP contribution in [0.3, 0.4) is 0 Å². The van der Waals surface area contributed by atoms with E-state index in [0.717, 1.165) is 17.5 Å². The summed E-state index contributed by atoms with van der Waals surface area (Å²) in [6, 6.07) is 14.8. The van der Waals surface area contributed by atoms with Crippen molar-refractivity contribution in [1.29, 1.82) is 0 Å². The molecule has 3 aromatic rings. The normalized spacial score (nSPS) is 14.7. The zero-order valence-corrected chi connectivity index (χ0v) is 20.0. The van der Waals surface area contributed by atoms with Crippen LogP contribution in [0.25, 0.3) is 0 Å². The van der Waals surface area contributed by atoms with Gasteiger partial charge in [-0.25, -0.2) is 16.8 Å². The Morgan fingerprint density at radius 2 is 1.81 bits per heavy atom. The van der Waals surface area contributed by atoms with E-state index in [1.54, 1.807) is 41.8 Å². The van der Waals surface area contributed by atoms with Crippen LogP contribution in [0, 0.1) is 0 Å². The summed E-state index contributed by atoms with van der Waals surface area (Å²) in [6.07, 6.45) is 1.44. The van der Waals surface area contributed by atoms with Crippen LogP contribution in [-0.2, 0) is 33.0 Å². The van der Waals surface area contributed by atoms with E-state index in [9.17, 15) is 16.8 Å². The van der Waals surface area contributed by atoms with Crippen LogP contribution in [0.4, 0.5) is 5.69 Å². The molecular formula is C22H24N2O5S3. The van der Waals surface area contributed by atoms with Gasteiger partial charge in [0.1, 0.15) is 9.96 Å². The van der Waals surface area contributed by atoms with Crippen molar-refractivity contribution in [2.24, 2.45) is 0 Å². The first-order valence-electron chi connectivity index (χ1n) is 10.2. The molecule has 0 atom stereocenters. The molecule has 0 spiro atoms. The monoisotopic (exact) mass is 492 g/mol. The van der Waals surface area contributed by atoms with Crippen LogP contribution in [0.15, 0.2) is 69.1 Å². The third-order valence-corrected chi connectivity index (χ3v) is 9.75. The number of hydrogen-bond donors (Lipinski definition) is 1. The van der Waals surface area contributed by atoms with Gasteiger partial charge in [-0.3, -0.25) is 4.72 Å². The molecule has 2 heterocycles. The Bertz CT molecular complexity index is 1290. The van der Waals surface area contributed by atoms with Gasteiger partial charge in [0.25, 0.3) is 20.0 Å². The lowest BCUT2D eigenvalue weighted by Gasteiger charge is -2.28. The highest BCUT2D eigenvalue weighted by Crippen LogP contribution is 2.29. The molecule has 2 aromatic carbocycles. The molecule has 10 heteroatoms. The second-order valence-corrected chi connectivity index (χ2v) is 12.2. The minimum atomic E-state index is -3.79. The smallest absolute Gasteiger partial charge is 0.261 e. The number of thiophene rings is 1. The van der Waals surface area contributed by atoms with Crippen LogP contribution in [0.1, 0.15) is 24.5 Å². The average molecular weight is 493 g/mol. The van der Waals surface area contributed by atoms with E-state index in [-0.39, 0.29) is 11.4 Å². The third-order valence-electron chi connectivity index (χ3n) is 5.13. The summed E-state index contributed by atoms with van der Waals surface area (Å²) in [7, 11) is -7.35. The van der Waals surface area contributed by atoms with Crippen LogP contribution in [0.2, 0.25) is 0 Å². The lowest BCUT2D eigenvalue weighted by atomic mass is 10.0. The van der Waals surface area contributed by atoms with E-state index in [0.29, 0.717) is 35.2 Å². The van der Waals surface area contributed by atoms with Crippen LogP contribution < -0.4 is 9.46 Å². The van der Waals surface area contributed by atoms with Gasteiger partial charge in [-0.05, 0) is 71.8 Å². The number of nitrogens with one attached hydrogen (secondary N) is 1. The van der Waals surface area contributed by atoms with Crippen LogP contribution >= 0.6 is 11.3 Å². The molecule has 0 saturated carbocycles. The Kier molecular flexibility index (Phi) is 6.57. The summed E-state index contributed by atoms with van der Waals surface area (Å²) in [5.74, 6) is 0.617. The lowest BCUT2D eigenvalue weighted by Crippen LogP contribution is -2.35. The van der Waals surface area contributed by atoms with Gasteiger partial charge in [0.15, 0.2) is 0 Å². The maximum Gasteiger partial charge on any atom is 0.261 e. The Morgan fingerprint density at radius 3 is 2.50 bits per heavy atom.